The van der Waals surface area contributed by atoms with E-state index in [1.165, 1.54) is 0 Å². The molecule has 0 aliphatic carbocycles. The van der Waals surface area contributed by atoms with Crippen LogP contribution in [0.5, 0.6) is 11.5 Å². The van der Waals surface area contributed by atoms with Gasteiger partial charge in [0.1, 0.15) is 0 Å². The fourth-order valence-corrected chi connectivity index (χ4v) is 1.87. The molecule has 1 rings (SSSR count). The minimum atomic E-state index is -0.369. The number of ether oxygens (including phenoxy) is 2. The summed E-state index contributed by atoms with van der Waals surface area (Å²) in [6, 6.07) is 7.52. The van der Waals surface area contributed by atoms with Gasteiger partial charge in [-0.3, -0.25) is 4.90 Å². The topological polar surface area (TPSA) is 21.7 Å². The number of hydrogen-bond donors (Lipinski definition) is 0. The number of methoxy groups -OCH3 is 1. The SMILES string of the molecule is CCN(CC)CC(Cl)Oc1ccccc1OC.[Cl-]. The van der Waals surface area contributed by atoms with Crippen LogP contribution in [0.2, 0.25) is 0 Å². The highest BCUT2D eigenvalue weighted by Crippen LogP contribution is 2.27. The third-order valence-corrected chi connectivity index (χ3v) is 2.85. The van der Waals surface area contributed by atoms with E-state index in [1.54, 1.807) is 7.11 Å². The van der Waals surface area contributed by atoms with E-state index in [0.29, 0.717) is 18.0 Å². The van der Waals surface area contributed by atoms with Crippen molar-refractivity contribution in [1.29, 1.82) is 0 Å². The van der Waals surface area contributed by atoms with E-state index in [4.69, 9.17) is 21.1 Å². The highest BCUT2D eigenvalue weighted by atomic mass is 35.5. The molecule has 0 bridgehead atoms. The Morgan fingerprint density at radius 2 is 1.72 bits per heavy atom. The summed E-state index contributed by atoms with van der Waals surface area (Å²) in [6.07, 6.45) is 0. The summed E-state index contributed by atoms with van der Waals surface area (Å²) in [7, 11) is 1.62. The second-order valence-corrected chi connectivity index (χ2v) is 4.15. The van der Waals surface area contributed by atoms with Gasteiger partial charge in [-0.1, -0.05) is 37.6 Å². The molecule has 104 valence electrons. The van der Waals surface area contributed by atoms with Gasteiger partial charge >= 0.3 is 0 Å². The van der Waals surface area contributed by atoms with E-state index >= 15 is 0 Å². The number of halogens is 2. The van der Waals surface area contributed by atoms with Crippen molar-refractivity contribution < 1.29 is 21.9 Å². The fraction of sp³-hybridized carbons (Fsp3) is 0.538. The first-order chi connectivity index (χ1) is 8.21. The Morgan fingerprint density at radius 1 is 1.17 bits per heavy atom. The molecule has 0 spiro atoms. The van der Waals surface area contributed by atoms with Gasteiger partial charge < -0.3 is 21.9 Å². The van der Waals surface area contributed by atoms with E-state index in [0.717, 1.165) is 13.1 Å². The smallest absolute Gasteiger partial charge is 0.184 e. The fourth-order valence-electron chi connectivity index (χ4n) is 1.58. The molecule has 0 radical (unpaired) electrons. The monoisotopic (exact) mass is 292 g/mol. The molecule has 0 saturated heterocycles. The average Bonchev–Trinajstić information content (AvgIpc) is 2.36. The van der Waals surface area contributed by atoms with Crippen LogP contribution in [0.4, 0.5) is 0 Å². The van der Waals surface area contributed by atoms with Crippen LogP contribution in [0, 0.1) is 0 Å². The van der Waals surface area contributed by atoms with E-state index in [9.17, 15) is 0 Å². The van der Waals surface area contributed by atoms with Crippen molar-refractivity contribution >= 4 is 11.6 Å². The van der Waals surface area contributed by atoms with Crippen LogP contribution in [0.1, 0.15) is 13.8 Å². The second-order valence-electron chi connectivity index (χ2n) is 3.66. The van der Waals surface area contributed by atoms with Crippen molar-refractivity contribution in [3.05, 3.63) is 24.3 Å². The summed E-state index contributed by atoms with van der Waals surface area (Å²) in [6.45, 7) is 6.85. The van der Waals surface area contributed by atoms with Crippen molar-refractivity contribution in [3.8, 4) is 11.5 Å². The Kier molecular flexibility index (Phi) is 8.98. The molecule has 0 heterocycles. The molecule has 0 amide bonds. The van der Waals surface area contributed by atoms with Crippen molar-refractivity contribution in [2.24, 2.45) is 0 Å². The summed E-state index contributed by atoms with van der Waals surface area (Å²) in [5.74, 6) is 1.39. The molecule has 0 aliphatic rings. The molecule has 0 saturated carbocycles. The summed E-state index contributed by atoms with van der Waals surface area (Å²) < 4.78 is 10.9. The minimum absolute atomic E-state index is 0. The lowest BCUT2D eigenvalue weighted by molar-refractivity contribution is -0.00000436. The molecule has 1 aromatic rings. The number of rotatable bonds is 7. The predicted octanol–water partition coefficient (Wildman–Crippen LogP) is -0.0153. The molecule has 5 heteroatoms. The first-order valence-corrected chi connectivity index (χ1v) is 6.31. The summed E-state index contributed by atoms with van der Waals surface area (Å²) in [4.78, 5) is 2.22. The Hall–Kier alpha value is -0.640. The number of likely N-dealkylation sites (N-methyl/N-ethyl adjacent to an activating group) is 1. The molecule has 18 heavy (non-hydrogen) atoms. The maximum Gasteiger partial charge on any atom is 0.184 e. The molecule has 0 aliphatic heterocycles. The molecule has 0 fully saturated rings. The van der Waals surface area contributed by atoms with Gasteiger partial charge in [-0.2, -0.15) is 0 Å². The van der Waals surface area contributed by atoms with Gasteiger partial charge in [0.05, 0.1) is 7.11 Å². The summed E-state index contributed by atoms with van der Waals surface area (Å²) >= 11 is 6.18. The van der Waals surface area contributed by atoms with Crippen LogP contribution in [-0.2, 0) is 0 Å². The lowest BCUT2D eigenvalue weighted by Gasteiger charge is -2.22. The standard InChI is InChI=1S/C13H20ClNO2.ClH/c1-4-15(5-2)10-13(14)17-12-9-7-6-8-11(12)16-3;/h6-9,13H,4-5,10H2,1-3H3;1H/p-1. The Labute approximate surface area is 120 Å². The van der Waals surface area contributed by atoms with Crippen molar-refractivity contribution in [2.45, 2.75) is 19.4 Å². The zero-order valence-corrected chi connectivity index (χ0v) is 12.5. The number of nitrogens with zero attached hydrogens (tertiary/aromatic N) is 1. The van der Waals surface area contributed by atoms with E-state index < -0.39 is 0 Å². The molecule has 1 atom stereocenters. The third kappa shape index (κ3) is 5.34. The minimum Gasteiger partial charge on any atom is -1.00 e. The average molecular weight is 293 g/mol. The van der Waals surface area contributed by atoms with E-state index in [1.807, 2.05) is 24.3 Å². The van der Waals surface area contributed by atoms with Crippen LogP contribution in [0.15, 0.2) is 24.3 Å². The zero-order chi connectivity index (χ0) is 12.7. The lowest BCUT2D eigenvalue weighted by atomic mass is 10.3. The largest absolute Gasteiger partial charge is 1.00 e. The Morgan fingerprint density at radius 3 is 2.22 bits per heavy atom. The summed E-state index contributed by atoms with van der Waals surface area (Å²) in [5, 5.41) is 0. The number of para-hydroxylation sites is 2. The van der Waals surface area contributed by atoms with E-state index in [-0.39, 0.29) is 18.0 Å². The summed E-state index contributed by atoms with van der Waals surface area (Å²) in [5.41, 5.74) is -0.369. The lowest BCUT2D eigenvalue weighted by Crippen LogP contribution is -3.00. The van der Waals surface area contributed by atoms with Crippen LogP contribution >= 0.6 is 11.6 Å². The molecular weight excluding hydrogens is 273 g/mol. The first-order valence-electron chi connectivity index (χ1n) is 5.87. The quantitative estimate of drug-likeness (QED) is 0.660. The van der Waals surface area contributed by atoms with Crippen molar-refractivity contribution in [1.82, 2.24) is 4.90 Å². The van der Waals surface area contributed by atoms with E-state index in [2.05, 4.69) is 18.7 Å². The van der Waals surface area contributed by atoms with Crippen molar-refractivity contribution in [3.63, 3.8) is 0 Å². The molecule has 1 aromatic carbocycles. The third-order valence-electron chi connectivity index (χ3n) is 2.62. The van der Waals surface area contributed by atoms with Gasteiger partial charge in [0.25, 0.3) is 0 Å². The Bertz CT molecular complexity index is 333. The van der Waals surface area contributed by atoms with Crippen molar-refractivity contribution in [2.75, 3.05) is 26.7 Å². The molecule has 0 N–H and O–H groups in total. The zero-order valence-electron chi connectivity index (χ0n) is 11.0. The van der Waals surface area contributed by atoms with Crippen LogP contribution in [0.25, 0.3) is 0 Å². The van der Waals surface area contributed by atoms with Crippen LogP contribution < -0.4 is 21.9 Å². The normalized spacial score (nSPS) is 11.8. The van der Waals surface area contributed by atoms with Gasteiger partial charge in [0.2, 0.25) is 0 Å². The number of hydrogen-bond acceptors (Lipinski definition) is 3. The Balaban J connectivity index is 0.00000289. The molecular formula is C13H20Cl2NO2-. The van der Waals surface area contributed by atoms with Gasteiger partial charge in [-0.15, -0.1) is 0 Å². The first kappa shape index (κ1) is 17.4. The molecule has 3 nitrogen and oxygen atoms in total. The second kappa shape index (κ2) is 9.31. The van der Waals surface area contributed by atoms with Gasteiger partial charge in [-0.05, 0) is 25.2 Å². The predicted molar refractivity (Wildman–Crippen MR) is 71.1 cm³/mol. The molecule has 1 unspecified atom stereocenters. The highest BCUT2D eigenvalue weighted by molar-refractivity contribution is 6.20. The van der Waals surface area contributed by atoms with Gasteiger partial charge in [0.15, 0.2) is 17.1 Å². The molecule has 0 aromatic heterocycles. The highest BCUT2D eigenvalue weighted by Gasteiger charge is 2.12. The number of alkyl halides is 1. The van der Waals surface area contributed by atoms with Gasteiger partial charge in [-0.25, -0.2) is 0 Å². The number of benzene rings is 1. The van der Waals surface area contributed by atoms with Gasteiger partial charge in [0, 0.05) is 6.54 Å². The maximum absolute atomic E-state index is 6.18. The maximum atomic E-state index is 6.18. The van der Waals surface area contributed by atoms with Crippen LogP contribution in [0.3, 0.4) is 0 Å². The van der Waals surface area contributed by atoms with Crippen LogP contribution in [-0.4, -0.2) is 37.2 Å².